The maximum Gasteiger partial charge on any atom is 0.112 e. The summed E-state index contributed by atoms with van der Waals surface area (Å²) in [7, 11) is 0. The van der Waals surface area contributed by atoms with Gasteiger partial charge in [-0.1, -0.05) is 84.9 Å². The molecule has 0 unspecified atom stereocenters. The van der Waals surface area contributed by atoms with E-state index in [0.29, 0.717) is 92.5 Å². The van der Waals surface area contributed by atoms with Crippen molar-refractivity contribution in [2.24, 2.45) is 0 Å². The van der Waals surface area contributed by atoms with Crippen LogP contribution in [0.25, 0.3) is 21.5 Å². The van der Waals surface area contributed by atoms with E-state index in [-0.39, 0.29) is 0 Å². The number of fused-ring (bicyclic) bond motifs is 2. The Bertz CT molecular complexity index is 1360. The highest BCUT2D eigenvalue weighted by Gasteiger charge is 2.28. The lowest BCUT2D eigenvalue weighted by molar-refractivity contribution is -0.155. The minimum absolute atomic E-state index is 0.358. The van der Waals surface area contributed by atoms with Gasteiger partial charge >= 0.3 is 0 Å². The van der Waals surface area contributed by atoms with E-state index in [9.17, 15) is 0 Å². The number of ether oxygens (including phenoxy) is 8. The van der Waals surface area contributed by atoms with Crippen LogP contribution in [-0.4, -0.2) is 90.5 Å². The summed E-state index contributed by atoms with van der Waals surface area (Å²) in [5.74, 6) is 0. The van der Waals surface area contributed by atoms with Crippen molar-refractivity contribution in [3.05, 3.63) is 96.1 Å². The summed E-state index contributed by atoms with van der Waals surface area (Å²) in [6, 6.07) is 29.2. The maximum absolute atomic E-state index is 6.25. The van der Waals surface area contributed by atoms with Crippen LogP contribution in [0.1, 0.15) is 25.0 Å². The zero-order valence-corrected chi connectivity index (χ0v) is 27.2. The highest BCUT2D eigenvalue weighted by Crippen LogP contribution is 2.22. The molecule has 4 aromatic rings. The Kier molecular flexibility index (Phi) is 13.4. The van der Waals surface area contributed by atoms with E-state index in [0.717, 1.165) is 11.1 Å². The summed E-state index contributed by atoms with van der Waals surface area (Å²) in [6.45, 7) is 9.98. The summed E-state index contributed by atoms with van der Waals surface area (Å²) in [5.41, 5.74) is 0.989. The van der Waals surface area contributed by atoms with Crippen molar-refractivity contribution in [3.63, 3.8) is 0 Å². The Morgan fingerprint density at radius 1 is 0.478 bits per heavy atom. The Morgan fingerprint density at radius 3 is 1.35 bits per heavy atom. The van der Waals surface area contributed by atoms with Crippen molar-refractivity contribution < 1.29 is 37.9 Å². The molecule has 2 atom stereocenters. The van der Waals surface area contributed by atoms with Gasteiger partial charge in [0.25, 0.3) is 0 Å². The van der Waals surface area contributed by atoms with E-state index in [2.05, 4.69) is 72.8 Å². The topological polar surface area (TPSA) is 73.8 Å². The van der Waals surface area contributed by atoms with Gasteiger partial charge < -0.3 is 37.9 Å². The van der Waals surface area contributed by atoms with Gasteiger partial charge in [0.1, 0.15) is 11.2 Å². The first kappa shape index (κ1) is 34.4. The zero-order valence-electron chi connectivity index (χ0n) is 27.2. The molecule has 1 aliphatic rings. The number of rotatable bonds is 8. The van der Waals surface area contributed by atoms with E-state index in [1.54, 1.807) is 0 Å². The summed E-state index contributed by atoms with van der Waals surface area (Å²) in [4.78, 5) is 0. The molecule has 1 saturated heterocycles. The molecule has 8 heteroatoms. The van der Waals surface area contributed by atoms with Crippen LogP contribution in [0.2, 0.25) is 0 Å². The quantitative estimate of drug-likeness (QED) is 0.222. The molecule has 1 fully saturated rings. The van der Waals surface area contributed by atoms with Crippen LogP contribution in [0.4, 0.5) is 0 Å². The van der Waals surface area contributed by atoms with Crippen LogP contribution in [0.5, 0.6) is 0 Å². The van der Waals surface area contributed by atoms with Crippen LogP contribution >= 0.6 is 0 Å². The van der Waals surface area contributed by atoms with E-state index >= 15 is 0 Å². The van der Waals surface area contributed by atoms with Crippen LogP contribution in [0, 0.1) is 0 Å². The molecule has 1 heterocycles. The van der Waals surface area contributed by atoms with Crippen molar-refractivity contribution in [3.8, 4) is 0 Å². The minimum atomic E-state index is -0.650. The lowest BCUT2D eigenvalue weighted by Crippen LogP contribution is -2.42. The smallest absolute Gasteiger partial charge is 0.112 e. The average molecular weight is 633 g/mol. The first-order chi connectivity index (χ1) is 22.5. The lowest BCUT2D eigenvalue weighted by Gasteiger charge is -2.31. The molecule has 0 bridgehead atoms. The summed E-state index contributed by atoms with van der Waals surface area (Å²) in [6.07, 6.45) is 0. The van der Waals surface area contributed by atoms with Crippen molar-refractivity contribution >= 4 is 21.5 Å². The molecular weight excluding hydrogens is 584 g/mol. The van der Waals surface area contributed by atoms with Crippen LogP contribution in [0.3, 0.4) is 0 Å². The molecule has 4 aromatic carbocycles. The third kappa shape index (κ3) is 10.6. The van der Waals surface area contributed by atoms with Gasteiger partial charge in [-0.05, 0) is 46.5 Å². The third-order valence-corrected chi connectivity index (χ3v) is 8.00. The second-order valence-corrected chi connectivity index (χ2v) is 12.2. The highest BCUT2D eigenvalue weighted by atomic mass is 16.6. The number of benzene rings is 4. The third-order valence-electron chi connectivity index (χ3n) is 8.00. The molecule has 0 spiro atoms. The van der Waals surface area contributed by atoms with Gasteiger partial charge in [-0.3, -0.25) is 0 Å². The van der Waals surface area contributed by atoms with Gasteiger partial charge in [-0.15, -0.1) is 0 Å². The predicted octanol–water partition coefficient (Wildman–Crippen LogP) is 6.36. The SMILES string of the molecule is C[C@@]1(COCc2cccc3ccccc23)COCCOC[C@](C)(COCc2cccc3ccccc23)OCCOCCOCCO1. The van der Waals surface area contributed by atoms with Gasteiger partial charge in [0.2, 0.25) is 0 Å². The first-order valence-electron chi connectivity index (χ1n) is 16.2. The molecule has 0 aliphatic carbocycles. The molecule has 8 nitrogen and oxygen atoms in total. The van der Waals surface area contributed by atoms with Gasteiger partial charge in [-0.2, -0.15) is 0 Å². The monoisotopic (exact) mass is 632 g/mol. The maximum atomic E-state index is 6.25. The van der Waals surface area contributed by atoms with E-state index in [1.165, 1.54) is 21.5 Å². The Balaban J connectivity index is 1.12. The standard InChI is InChI=1S/C38H48O8/c1-37(29-43-25-33-13-7-11-31-9-3-5-15-35(31)33)27-41-19-20-42-28-38(2,46-24-22-40-18-17-39-21-23-45-37)30-44-26-34-14-8-12-32-10-4-6-16-36(32)34/h3-16H,17-30H2,1-2H3/t37-,38+. The fourth-order valence-electron chi connectivity index (χ4n) is 5.55. The lowest BCUT2D eigenvalue weighted by atomic mass is 10.1. The Hall–Kier alpha value is -2.92. The molecule has 0 saturated carbocycles. The van der Waals surface area contributed by atoms with Gasteiger partial charge in [-0.25, -0.2) is 0 Å². The Morgan fingerprint density at radius 2 is 0.870 bits per heavy atom. The van der Waals surface area contributed by atoms with Crippen molar-refractivity contribution in [2.75, 3.05) is 79.3 Å². The van der Waals surface area contributed by atoms with Crippen LogP contribution in [-0.2, 0) is 51.1 Å². The number of hydrogen-bond donors (Lipinski definition) is 0. The largest absolute Gasteiger partial charge is 0.377 e. The van der Waals surface area contributed by atoms with Crippen LogP contribution < -0.4 is 0 Å². The van der Waals surface area contributed by atoms with Crippen molar-refractivity contribution in [1.82, 2.24) is 0 Å². The fourth-order valence-corrected chi connectivity index (χ4v) is 5.55. The fraction of sp³-hybridized carbons (Fsp3) is 0.474. The van der Waals surface area contributed by atoms with Gasteiger partial charge in [0, 0.05) is 0 Å². The summed E-state index contributed by atoms with van der Waals surface area (Å²) < 4.78 is 48.5. The molecular formula is C38H48O8. The van der Waals surface area contributed by atoms with E-state index in [1.807, 2.05) is 26.0 Å². The molecule has 46 heavy (non-hydrogen) atoms. The average Bonchev–Trinajstić information content (AvgIpc) is 3.07. The molecule has 0 radical (unpaired) electrons. The Labute approximate surface area is 272 Å². The second-order valence-electron chi connectivity index (χ2n) is 12.2. The molecule has 248 valence electrons. The summed E-state index contributed by atoms with van der Waals surface area (Å²) >= 11 is 0. The van der Waals surface area contributed by atoms with Crippen molar-refractivity contribution in [1.29, 1.82) is 0 Å². The number of hydrogen-bond acceptors (Lipinski definition) is 8. The van der Waals surface area contributed by atoms with Gasteiger partial charge in [0.15, 0.2) is 0 Å². The van der Waals surface area contributed by atoms with E-state index in [4.69, 9.17) is 37.9 Å². The van der Waals surface area contributed by atoms with Crippen LogP contribution in [0.15, 0.2) is 84.9 Å². The zero-order chi connectivity index (χ0) is 31.9. The molecule has 0 aromatic heterocycles. The predicted molar refractivity (Wildman–Crippen MR) is 179 cm³/mol. The molecule has 0 N–H and O–H groups in total. The first-order valence-corrected chi connectivity index (χ1v) is 16.2. The minimum Gasteiger partial charge on any atom is -0.377 e. The molecule has 5 rings (SSSR count). The van der Waals surface area contributed by atoms with E-state index < -0.39 is 11.2 Å². The highest BCUT2D eigenvalue weighted by molar-refractivity contribution is 5.86. The summed E-state index contributed by atoms with van der Waals surface area (Å²) in [5, 5.41) is 4.79. The molecule has 1 aliphatic heterocycles. The normalized spacial score (nSPS) is 23.2. The van der Waals surface area contributed by atoms with Gasteiger partial charge in [0.05, 0.1) is 92.5 Å². The molecule has 0 amide bonds. The van der Waals surface area contributed by atoms with Crippen molar-refractivity contribution in [2.45, 2.75) is 38.3 Å². The second kappa shape index (κ2) is 17.8.